The van der Waals surface area contributed by atoms with Gasteiger partial charge in [-0.15, -0.1) is 0 Å². The fourth-order valence-corrected chi connectivity index (χ4v) is 2.80. The van der Waals surface area contributed by atoms with E-state index in [1.807, 2.05) is 0 Å². The molecule has 0 radical (unpaired) electrons. The van der Waals surface area contributed by atoms with E-state index in [1.54, 1.807) is 6.33 Å². The number of aryl methyl sites for hydroxylation is 1. The Kier molecular flexibility index (Phi) is 2.68. The SMILES string of the molecule is Cc1ccccc1-c1ncnc2cc3ccccc3cc12. The molecule has 1 heterocycles. The maximum Gasteiger partial charge on any atom is 0.116 e. The number of fused-ring (bicyclic) bond motifs is 2. The van der Waals surface area contributed by atoms with Crippen molar-refractivity contribution in [3.8, 4) is 11.3 Å². The van der Waals surface area contributed by atoms with Gasteiger partial charge in [0.25, 0.3) is 0 Å². The first-order valence-electron chi connectivity index (χ1n) is 7.02. The maximum atomic E-state index is 4.53. The lowest BCUT2D eigenvalue weighted by Crippen LogP contribution is -1.91. The summed E-state index contributed by atoms with van der Waals surface area (Å²) in [4.78, 5) is 8.97. The van der Waals surface area contributed by atoms with E-state index in [4.69, 9.17) is 0 Å². The zero-order chi connectivity index (χ0) is 14.2. The summed E-state index contributed by atoms with van der Waals surface area (Å²) in [5.74, 6) is 0. The van der Waals surface area contributed by atoms with Gasteiger partial charge in [0.15, 0.2) is 0 Å². The fraction of sp³-hybridized carbons (Fsp3) is 0.0526. The van der Waals surface area contributed by atoms with Crippen LogP contribution in [0.15, 0.2) is 67.0 Å². The molecular weight excluding hydrogens is 256 g/mol. The monoisotopic (exact) mass is 270 g/mol. The number of nitrogens with zero attached hydrogens (tertiary/aromatic N) is 2. The van der Waals surface area contributed by atoms with Gasteiger partial charge in [-0.25, -0.2) is 9.97 Å². The van der Waals surface area contributed by atoms with Crippen molar-refractivity contribution in [2.24, 2.45) is 0 Å². The van der Waals surface area contributed by atoms with Crippen molar-refractivity contribution in [3.05, 3.63) is 72.6 Å². The molecule has 0 fully saturated rings. The number of benzene rings is 3. The first kappa shape index (κ1) is 12.0. The van der Waals surface area contributed by atoms with Crippen LogP contribution in [0, 0.1) is 6.92 Å². The summed E-state index contributed by atoms with van der Waals surface area (Å²) in [7, 11) is 0. The van der Waals surface area contributed by atoms with Crippen molar-refractivity contribution in [1.29, 1.82) is 0 Å². The van der Waals surface area contributed by atoms with Crippen molar-refractivity contribution in [1.82, 2.24) is 9.97 Å². The molecule has 0 saturated carbocycles. The standard InChI is InChI=1S/C19H14N2/c1-13-6-2-5-9-16(13)19-17-10-14-7-3-4-8-15(14)11-18(17)20-12-21-19/h2-12H,1H3. The predicted octanol–water partition coefficient (Wildman–Crippen LogP) is 4.76. The second kappa shape index (κ2) is 4.67. The molecule has 4 aromatic rings. The summed E-state index contributed by atoms with van der Waals surface area (Å²) in [6.07, 6.45) is 1.65. The van der Waals surface area contributed by atoms with Crippen molar-refractivity contribution in [3.63, 3.8) is 0 Å². The Bertz CT molecular complexity index is 958. The molecule has 0 aliphatic carbocycles. The Labute approximate surface area is 123 Å². The lowest BCUT2D eigenvalue weighted by atomic mass is 10.00. The van der Waals surface area contributed by atoms with Crippen LogP contribution in [0.2, 0.25) is 0 Å². The second-order valence-corrected chi connectivity index (χ2v) is 5.25. The highest BCUT2D eigenvalue weighted by atomic mass is 14.8. The van der Waals surface area contributed by atoms with Crippen molar-refractivity contribution in [2.75, 3.05) is 0 Å². The fourth-order valence-electron chi connectivity index (χ4n) is 2.80. The summed E-state index contributed by atoms with van der Waals surface area (Å²) in [5, 5.41) is 3.53. The topological polar surface area (TPSA) is 25.8 Å². The van der Waals surface area contributed by atoms with Gasteiger partial charge in [0.1, 0.15) is 6.33 Å². The lowest BCUT2D eigenvalue weighted by Gasteiger charge is -2.09. The highest BCUT2D eigenvalue weighted by molar-refractivity contribution is 6.02. The molecule has 21 heavy (non-hydrogen) atoms. The molecule has 0 bridgehead atoms. The first-order chi connectivity index (χ1) is 10.3. The van der Waals surface area contributed by atoms with Gasteiger partial charge in [0.05, 0.1) is 11.2 Å². The molecule has 0 aliphatic rings. The highest BCUT2D eigenvalue weighted by Crippen LogP contribution is 2.30. The van der Waals surface area contributed by atoms with E-state index < -0.39 is 0 Å². The van der Waals surface area contributed by atoms with Gasteiger partial charge in [-0.2, -0.15) is 0 Å². The number of hydrogen-bond donors (Lipinski definition) is 0. The van der Waals surface area contributed by atoms with Gasteiger partial charge < -0.3 is 0 Å². The molecule has 0 saturated heterocycles. The molecule has 2 heteroatoms. The minimum absolute atomic E-state index is 0.988. The summed E-state index contributed by atoms with van der Waals surface area (Å²) in [6.45, 7) is 2.12. The van der Waals surface area contributed by atoms with Gasteiger partial charge >= 0.3 is 0 Å². The molecule has 1 aromatic heterocycles. The van der Waals surface area contributed by atoms with E-state index >= 15 is 0 Å². The van der Waals surface area contributed by atoms with Crippen LogP contribution in [-0.4, -0.2) is 9.97 Å². The average Bonchev–Trinajstić information content (AvgIpc) is 2.53. The van der Waals surface area contributed by atoms with Gasteiger partial charge in [-0.3, -0.25) is 0 Å². The summed E-state index contributed by atoms with van der Waals surface area (Å²) < 4.78 is 0. The molecule has 3 aromatic carbocycles. The quantitative estimate of drug-likeness (QED) is 0.466. The van der Waals surface area contributed by atoms with Crippen LogP contribution in [-0.2, 0) is 0 Å². The molecule has 2 nitrogen and oxygen atoms in total. The van der Waals surface area contributed by atoms with E-state index in [-0.39, 0.29) is 0 Å². The Balaban J connectivity index is 2.10. The normalized spacial score (nSPS) is 11.1. The van der Waals surface area contributed by atoms with Crippen LogP contribution >= 0.6 is 0 Å². The van der Waals surface area contributed by atoms with Crippen LogP contribution in [0.25, 0.3) is 32.9 Å². The van der Waals surface area contributed by atoms with Crippen molar-refractivity contribution >= 4 is 21.7 Å². The largest absolute Gasteiger partial charge is 0.236 e. The number of rotatable bonds is 1. The molecular formula is C19H14N2. The Morgan fingerprint density at radius 3 is 2.29 bits per heavy atom. The Morgan fingerprint density at radius 1 is 0.762 bits per heavy atom. The molecule has 0 atom stereocenters. The smallest absolute Gasteiger partial charge is 0.116 e. The zero-order valence-corrected chi connectivity index (χ0v) is 11.7. The molecule has 0 aliphatic heterocycles. The predicted molar refractivity (Wildman–Crippen MR) is 87.2 cm³/mol. The van der Waals surface area contributed by atoms with E-state index in [0.29, 0.717) is 0 Å². The molecule has 0 N–H and O–H groups in total. The van der Waals surface area contributed by atoms with Crippen molar-refractivity contribution in [2.45, 2.75) is 6.92 Å². The Hall–Kier alpha value is -2.74. The lowest BCUT2D eigenvalue weighted by molar-refractivity contribution is 1.22. The molecule has 100 valence electrons. The number of aromatic nitrogens is 2. The minimum atomic E-state index is 0.988. The third kappa shape index (κ3) is 1.96. The Morgan fingerprint density at radius 2 is 1.48 bits per heavy atom. The van der Waals surface area contributed by atoms with Gasteiger partial charge in [0.2, 0.25) is 0 Å². The summed E-state index contributed by atoms with van der Waals surface area (Å²) in [5.41, 5.74) is 4.39. The minimum Gasteiger partial charge on any atom is -0.236 e. The van der Waals surface area contributed by atoms with E-state index in [1.165, 1.54) is 21.9 Å². The van der Waals surface area contributed by atoms with Crippen LogP contribution in [0.1, 0.15) is 5.56 Å². The number of hydrogen-bond acceptors (Lipinski definition) is 2. The van der Waals surface area contributed by atoms with Gasteiger partial charge in [-0.1, -0.05) is 48.5 Å². The van der Waals surface area contributed by atoms with Crippen molar-refractivity contribution < 1.29 is 0 Å². The third-order valence-electron chi connectivity index (χ3n) is 3.90. The average molecular weight is 270 g/mol. The highest BCUT2D eigenvalue weighted by Gasteiger charge is 2.09. The summed E-state index contributed by atoms with van der Waals surface area (Å²) >= 11 is 0. The summed E-state index contributed by atoms with van der Waals surface area (Å²) in [6, 6.07) is 21.0. The van der Waals surface area contributed by atoms with Crippen LogP contribution < -0.4 is 0 Å². The maximum absolute atomic E-state index is 4.53. The van der Waals surface area contributed by atoms with Gasteiger partial charge in [0, 0.05) is 10.9 Å². The molecule has 0 amide bonds. The molecule has 0 unspecified atom stereocenters. The molecule has 0 spiro atoms. The van der Waals surface area contributed by atoms with Crippen LogP contribution in [0.4, 0.5) is 0 Å². The van der Waals surface area contributed by atoms with E-state index in [9.17, 15) is 0 Å². The zero-order valence-electron chi connectivity index (χ0n) is 11.7. The van der Waals surface area contributed by atoms with Crippen LogP contribution in [0.5, 0.6) is 0 Å². The third-order valence-corrected chi connectivity index (χ3v) is 3.90. The first-order valence-corrected chi connectivity index (χ1v) is 7.02. The second-order valence-electron chi connectivity index (χ2n) is 5.25. The van der Waals surface area contributed by atoms with Crippen LogP contribution in [0.3, 0.4) is 0 Å². The van der Waals surface area contributed by atoms with Gasteiger partial charge in [-0.05, 0) is 35.4 Å². The molecule has 4 rings (SSSR count). The van der Waals surface area contributed by atoms with E-state index in [2.05, 4.69) is 77.6 Å². The van der Waals surface area contributed by atoms with E-state index in [0.717, 1.165) is 16.6 Å².